The summed E-state index contributed by atoms with van der Waals surface area (Å²) in [7, 11) is 0. The molecular formula is C15H24ClN3O. The first-order valence-corrected chi connectivity index (χ1v) is 7.28. The average Bonchev–Trinajstić information content (AvgIpc) is 2.36. The normalized spacial score (nSPS) is 11.0. The average molecular weight is 298 g/mol. The Hall–Kier alpha value is -1.26. The van der Waals surface area contributed by atoms with E-state index in [1.54, 1.807) is 18.2 Å². The lowest BCUT2D eigenvalue weighted by Crippen LogP contribution is -2.37. The highest BCUT2D eigenvalue weighted by atomic mass is 35.5. The molecule has 1 rings (SSSR count). The van der Waals surface area contributed by atoms with Crippen molar-refractivity contribution in [1.29, 1.82) is 0 Å². The first-order valence-electron chi connectivity index (χ1n) is 6.90. The zero-order valence-corrected chi connectivity index (χ0v) is 13.4. The fourth-order valence-electron chi connectivity index (χ4n) is 2.11. The van der Waals surface area contributed by atoms with Crippen molar-refractivity contribution in [3.05, 3.63) is 28.8 Å². The van der Waals surface area contributed by atoms with Crippen LogP contribution in [-0.4, -0.2) is 23.9 Å². The minimum Gasteiger partial charge on any atom is -0.338 e. The Morgan fingerprint density at radius 3 is 2.25 bits per heavy atom. The Morgan fingerprint density at radius 2 is 1.80 bits per heavy atom. The molecule has 3 N–H and O–H groups in total. The number of anilines is 1. The second kappa shape index (κ2) is 7.50. The van der Waals surface area contributed by atoms with Crippen LogP contribution in [0.25, 0.3) is 0 Å². The summed E-state index contributed by atoms with van der Waals surface area (Å²) >= 11 is 5.99. The molecule has 1 aromatic rings. The molecule has 0 spiro atoms. The first kappa shape index (κ1) is 16.8. The summed E-state index contributed by atoms with van der Waals surface area (Å²) in [5.74, 6) is 6.26. The standard InChI is InChI=1S/C15H24ClN3O/c1-10(2)8-19(9-11(3)4)15(20)13-7-12(16)5-6-14(13)18-17/h5-7,10-11,18H,8-9,17H2,1-4H3. The maximum Gasteiger partial charge on any atom is 0.256 e. The lowest BCUT2D eigenvalue weighted by atomic mass is 10.1. The molecule has 112 valence electrons. The number of hydrazine groups is 1. The molecule has 0 aliphatic heterocycles. The van der Waals surface area contributed by atoms with E-state index in [2.05, 4.69) is 33.1 Å². The Bertz CT molecular complexity index is 450. The smallest absolute Gasteiger partial charge is 0.256 e. The summed E-state index contributed by atoms with van der Waals surface area (Å²) in [6.45, 7) is 9.82. The number of halogens is 1. The number of amides is 1. The number of hydrogen-bond donors (Lipinski definition) is 2. The van der Waals surface area contributed by atoms with E-state index < -0.39 is 0 Å². The van der Waals surface area contributed by atoms with Gasteiger partial charge in [0.05, 0.1) is 11.3 Å². The highest BCUT2D eigenvalue weighted by molar-refractivity contribution is 6.31. The van der Waals surface area contributed by atoms with Crippen LogP contribution in [0.2, 0.25) is 5.02 Å². The fraction of sp³-hybridized carbons (Fsp3) is 0.533. The highest BCUT2D eigenvalue weighted by Crippen LogP contribution is 2.22. The molecule has 1 aromatic carbocycles. The minimum absolute atomic E-state index is 0.0390. The Kier molecular flexibility index (Phi) is 6.30. The van der Waals surface area contributed by atoms with E-state index in [4.69, 9.17) is 17.4 Å². The second-order valence-corrected chi connectivity index (χ2v) is 6.27. The van der Waals surface area contributed by atoms with Gasteiger partial charge in [0.25, 0.3) is 5.91 Å². The third kappa shape index (κ3) is 4.69. The highest BCUT2D eigenvalue weighted by Gasteiger charge is 2.20. The maximum atomic E-state index is 12.7. The van der Waals surface area contributed by atoms with Gasteiger partial charge >= 0.3 is 0 Å². The third-order valence-corrected chi connectivity index (χ3v) is 3.06. The molecule has 20 heavy (non-hydrogen) atoms. The van der Waals surface area contributed by atoms with Crippen LogP contribution in [0.15, 0.2) is 18.2 Å². The molecule has 0 saturated heterocycles. The molecule has 1 amide bonds. The van der Waals surface area contributed by atoms with Crippen molar-refractivity contribution in [2.45, 2.75) is 27.7 Å². The summed E-state index contributed by atoms with van der Waals surface area (Å²) in [6.07, 6.45) is 0. The van der Waals surface area contributed by atoms with Crippen molar-refractivity contribution in [2.75, 3.05) is 18.5 Å². The van der Waals surface area contributed by atoms with Crippen molar-refractivity contribution < 1.29 is 4.79 Å². The van der Waals surface area contributed by atoms with Crippen LogP contribution < -0.4 is 11.3 Å². The fourth-order valence-corrected chi connectivity index (χ4v) is 2.28. The van der Waals surface area contributed by atoms with E-state index in [1.165, 1.54) is 0 Å². The van der Waals surface area contributed by atoms with Crippen molar-refractivity contribution in [3.8, 4) is 0 Å². The monoisotopic (exact) mass is 297 g/mol. The van der Waals surface area contributed by atoms with Gasteiger partial charge in [-0.15, -0.1) is 0 Å². The third-order valence-electron chi connectivity index (χ3n) is 2.83. The van der Waals surface area contributed by atoms with Crippen LogP contribution in [0, 0.1) is 11.8 Å². The van der Waals surface area contributed by atoms with Gasteiger partial charge in [0.15, 0.2) is 0 Å². The lowest BCUT2D eigenvalue weighted by molar-refractivity contribution is 0.0716. The van der Waals surface area contributed by atoms with Gasteiger partial charge in [-0.2, -0.15) is 0 Å². The number of benzene rings is 1. The van der Waals surface area contributed by atoms with Gasteiger partial charge in [0.1, 0.15) is 0 Å². The summed E-state index contributed by atoms with van der Waals surface area (Å²) < 4.78 is 0. The molecule has 0 fully saturated rings. The number of rotatable bonds is 6. The Labute approximate surface area is 126 Å². The molecular weight excluding hydrogens is 274 g/mol. The SMILES string of the molecule is CC(C)CN(CC(C)C)C(=O)c1cc(Cl)ccc1NN. The van der Waals surface area contributed by atoms with Gasteiger partial charge in [0.2, 0.25) is 0 Å². The maximum absolute atomic E-state index is 12.7. The molecule has 0 heterocycles. The van der Waals surface area contributed by atoms with Crippen molar-refractivity contribution in [2.24, 2.45) is 17.7 Å². The quantitative estimate of drug-likeness (QED) is 0.625. The van der Waals surface area contributed by atoms with E-state index in [0.29, 0.717) is 41.2 Å². The van der Waals surface area contributed by atoms with Gasteiger partial charge in [-0.05, 0) is 30.0 Å². The van der Waals surface area contributed by atoms with Gasteiger partial charge in [-0.3, -0.25) is 10.6 Å². The number of nitrogens with one attached hydrogen (secondary N) is 1. The van der Waals surface area contributed by atoms with E-state index in [9.17, 15) is 4.79 Å². The summed E-state index contributed by atoms with van der Waals surface area (Å²) in [6, 6.07) is 5.09. The molecule has 0 atom stereocenters. The second-order valence-electron chi connectivity index (χ2n) is 5.83. The first-order chi connectivity index (χ1) is 9.35. The van der Waals surface area contributed by atoms with E-state index in [1.807, 2.05) is 4.90 Å². The van der Waals surface area contributed by atoms with E-state index >= 15 is 0 Å². The van der Waals surface area contributed by atoms with Crippen molar-refractivity contribution in [3.63, 3.8) is 0 Å². The lowest BCUT2D eigenvalue weighted by Gasteiger charge is -2.27. The number of carbonyl (C=O) groups excluding carboxylic acids is 1. The van der Waals surface area contributed by atoms with Crippen molar-refractivity contribution >= 4 is 23.2 Å². The number of nitrogens with zero attached hydrogens (tertiary/aromatic N) is 1. The minimum atomic E-state index is -0.0390. The summed E-state index contributed by atoms with van der Waals surface area (Å²) in [5.41, 5.74) is 3.67. The van der Waals surface area contributed by atoms with Crippen LogP contribution >= 0.6 is 11.6 Å². The number of nitrogen functional groups attached to an aromatic ring is 1. The molecule has 0 aromatic heterocycles. The topological polar surface area (TPSA) is 58.4 Å². The summed E-state index contributed by atoms with van der Waals surface area (Å²) in [4.78, 5) is 14.6. The zero-order valence-electron chi connectivity index (χ0n) is 12.6. The number of nitrogens with two attached hydrogens (primary N) is 1. The largest absolute Gasteiger partial charge is 0.338 e. The molecule has 0 aliphatic carbocycles. The number of hydrogen-bond acceptors (Lipinski definition) is 3. The predicted octanol–water partition coefficient (Wildman–Crippen LogP) is 3.38. The summed E-state index contributed by atoms with van der Waals surface area (Å²) in [5, 5.41) is 0.529. The molecule has 0 bridgehead atoms. The van der Waals surface area contributed by atoms with Crippen LogP contribution in [0.1, 0.15) is 38.1 Å². The van der Waals surface area contributed by atoms with Crippen LogP contribution in [0.5, 0.6) is 0 Å². The van der Waals surface area contributed by atoms with E-state index in [0.717, 1.165) is 0 Å². The van der Waals surface area contributed by atoms with Gasteiger partial charge in [0, 0.05) is 18.1 Å². The molecule has 0 aliphatic rings. The Balaban J connectivity index is 3.07. The van der Waals surface area contributed by atoms with Gasteiger partial charge < -0.3 is 10.3 Å². The molecule has 5 heteroatoms. The van der Waals surface area contributed by atoms with Crippen molar-refractivity contribution in [1.82, 2.24) is 4.90 Å². The van der Waals surface area contributed by atoms with Gasteiger partial charge in [-0.1, -0.05) is 39.3 Å². The predicted molar refractivity (Wildman–Crippen MR) is 84.8 cm³/mol. The molecule has 0 saturated carbocycles. The van der Waals surface area contributed by atoms with Crippen LogP contribution in [0.4, 0.5) is 5.69 Å². The molecule has 0 unspecified atom stereocenters. The molecule has 4 nitrogen and oxygen atoms in total. The van der Waals surface area contributed by atoms with E-state index in [-0.39, 0.29) is 5.91 Å². The van der Waals surface area contributed by atoms with Crippen LogP contribution in [0.3, 0.4) is 0 Å². The zero-order chi connectivity index (χ0) is 15.3. The Morgan fingerprint density at radius 1 is 1.25 bits per heavy atom. The van der Waals surface area contributed by atoms with Crippen LogP contribution in [-0.2, 0) is 0 Å². The molecule has 0 radical (unpaired) electrons. The van der Waals surface area contributed by atoms with Gasteiger partial charge in [-0.25, -0.2) is 0 Å². The number of carbonyl (C=O) groups is 1.